The van der Waals surface area contributed by atoms with E-state index in [4.69, 9.17) is 39.9 Å². The summed E-state index contributed by atoms with van der Waals surface area (Å²) in [5.41, 5.74) is 1.18. The molecule has 25 heteroatoms. The summed E-state index contributed by atoms with van der Waals surface area (Å²) in [5, 5.41) is -4.01. The molecule has 0 spiro atoms. The zero-order chi connectivity index (χ0) is 66.1. The second-order valence-corrected chi connectivity index (χ2v) is 28.0. The Hall–Kier alpha value is -9.27. The predicted molar refractivity (Wildman–Crippen MR) is 384 cm³/mol. The molecule has 0 unspecified atom stereocenters. The van der Waals surface area contributed by atoms with Crippen LogP contribution in [0.3, 0.4) is 0 Å². The Labute approximate surface area is 596 Å². The SMILES string of the molecule is O=C(SC1=C(SC(=O)c2ccccc2)c2nc1nc1[n-]c(nc3nc(nc4[n-]c(n2)c(SC(=O)c2ccccc2)c4SC(=O)c2ccccc2)C(SC(=O)c2ccccc2)=C3SC(=O)c2ccccc2)c(SC(=O)c2ccccc2)c1SC(=O)c1ccccc1)c1ccccc1.[Ni+2]. The Morgan fingerprint density at radius 1 is 0.206 bits per heavy atom. The molecule has 0 aliphatic carbocycles. The second kappa shape index (κ2) is 31.3. The molecular formula is C72H40N8NiO8S8. The van der Waals surface area contributed by atoms with Crippen LogP contribution in [0, 0.1) is 0 Å². The van der Waals surface area contributed by atoms with Crippen molar-refractivity contribution < 1.29 is 54.8 Å². The fourth-order valence-electron chi connectivity index (χ4n) is 9.17. The number of aromatic nitrogens is 8. The average Bonchev–Trinajstić information content (AvgIpc) is 1.61. The van der Waals surface area contributed by atoms with Crippen LogP contribution in [0.5, 0.6) is 0 Å². The molecule has 13 rings (SSSR count). The average molecular weight is 1460 g/mol. The monoisotopic (exact) mass is 1460 g/mol. The van der Waals surface area contributed by atoms with E-state index in [-0.39, 0.29) is 146 Å². The van der Waals surface area contributed by atoms with E-state index < -0.39 is 40.9 Å². The fraction of sp³-hybridized carbons (Fsp3) is 0. The molecule has 474 valence electrons. The Kier molecular flexibility index (Phi) is 21.8. The van der Waals surface area contributed by atoms with Gasteiger partial charge in [0.1, 0.15) is 23.3 Å². The van der Waals surface area contributed by atoms with Gasteiger partial charge in [0.15, 0.2) is 0 Å². The van der Waals surface area contributed by atoms with Crippen molar-refractivity contribution >= 4 is 177 Å². The summed E-state index contributed by atoms with van der Waals surface area (Å²) < 4.78 is 0. The standard InChI is InChI=1S/C72H40N8O8S8.Ni/c81-65(41-25-9-1-10-26-41)89-49-50(90-66(82)42-27-11-2-12-28-42)58-73-57(49)77-59-51(91-67(83)43-29-13-3-14-30-43)52(92-68(84)44-31-15-4-16-32-44)61(74-59)79-63-55(95-71(87)47-37-21-7-22-38-47)56(96-72(88)48-39-23-8-24-40-48)64(76-63)80-62-54(94-70(86)46-35-19-6-20-36-46)53(60(75-62)78-58)93-69(85)45-33-17-5-18-34-45;/h1-40H;/q-2;+2. The first-order valence-electron chi connectivity index (χ1n) is 28.8. The van der Waals surface area contributed by atoms with Crippen molar-refractivity contribution in [3.05, 3.63) is 310 Å². The number of thioether (sulfide) groups is 8. The van der Waals surface area contributed by atoms with Crippen LogP contribution in [0.4, 0.5) is 0 Å². The second-order valence-electron chi connectivity index (χ2n) is 20.2. The van der Waals surface area contributed by atoms with Gasteiger partial charge in [-0.1, -0.05) is 243 Å². The summed E-state index contributed by atoms with van der Waals surface area (Å²) in [7, 11) is 0. The molecule has 2 aliphatic rings. The third-order valence-electron chi connectivity index (χ3n) is 13.8. The van der Waals surface area contributed by atoms with Gasteiger partial charge in [-0.15, -0.1) is 0 Å². The van der Waals surface area contributed by atoms with Crippen LogP contribution in [0.25, 0.3) is 42.2 Å². The quantitative estimate of drug-likeness (QED) is 0.0645. The van der Waals surface area contributed by atoms with Crippen molar-refractivity contribution in [2.45, 2.75) is 19.6 Å². The van der Waals surface area contributed by atoms with Crippen LogP contribution in [0.1, 0.15) is 106 Å². The van der Waals surface area contributed by atoms with E-state index >= 15 is 0 Å². The molecule has 16 nitrogen and oxygen atoms in total. The van der Waals surface area contributed by atoms with Crippen molar-refractivity contribution in [1.29, 1.82) is 0 Å². The van der Waals surface area contributed by atoms with Gasteiger partial charge in [0.25, 0.3) is 0 Å². The molecule has 0 radical (unpaired) electrons. The van der Waals surface area contributed by atoms with Crippen LogP contribution in [-0.4, -0.2) is 70.8 Å². The molecule has 5 heterocycles. The maximum absolute atomic E-state index is 14.8. The van der Waals surface area contributed by atoms with Gasteiger partial charge in [0.05, 0.1) is 19.6 Å². The number of hydrogen-bond acceptors (Lipinski definition) is 22. The number of hydrogen-bond donors (Lipinski definition) is 0. The van der Waals surface area contributed by atoms with Gasteiger partial charge in [-0.3, -0.25) is 38.4 Å². The third kappa shape index (κ3) is 15.8. The Morgan fingerprint density at radius 3 is 0.505 bits per heavy atom. The van der Waals surface area contributed by atoms with Gasteiger partial charge in [-0.25, -0.2) is 9.97 Å². The molecule has 8 aromatic carbocycles. The number of benzene rings is 8. The summed E-state index contributed by atoms with van der Waals surface area (Å²) in [6.45, 7) is 0. The van der Waals surface area contributed by atoms with Crippen LogP contribution in [-0.2, 0) is 16.5 Å². The topological polar surface area (TPSA) is 242 Å². The van der Waals surface area contributed by atoms with Gasteiger partial charge in [0.2, 0.25) is 40.9 Å². The normalized spacial score (nSPS) is 11.8. The van der Waals surface area contributed by atoms with Gasteiger partial charge in [-0.2, -0.15) is 0 Å². The largest absolute Gasteiger partial charge is 2.00 e. The molecule has 0 saturated heterocycles. The van der Waals surface area contributed by atoms with E-state index in [1.807, 2.05) is 0 Å². The first kappa shape index (κ1) is 67.7. The third-order valence-corrected chi connectivity index (χ3v) is 22.4. The van der Waals surface area contributed by atoms with E-state index in [9.17, 15) is 38.4 Å². The van der Waals surface area contributed by atoms with Crippen LogP contribution in [0.15, 0.2) is 262 Å². The molecule has 97 heavy (non-hydrogen) atoms. The minimum atomic E-state index is -0.502. The first-order valence-corrected chi connectivity index (χ1v) is 35.3. The van der Waals surface area contributed by atoms with E-state index in [1.54, 1.807) is 243 Å². The summed E-state index contributed by atoms with van der Waals surface area (Å²) in [6.07, 6.45) is 0. The summed E-state index contributed by atoms with van der Waals surface area (Å²) in [4.78, 5) is 159. The Bertz CT molecular complexity index is 4530. The van der Waals surface area contributed by atoms with Gasteiger partial charge < -0.3 is 29.9 Å². The number of carbonyl (C=O) groups excluding carboxylic acids is 8. The Balaban J connectivity index is 0.00000897. The fourth-order valence-corrected chi connectivity index (χ4v) is 16.6. The molecule has 8 bridgehead atoms. The van der Waals surface area contributed by atoms with Crippen molar-refractivity contribution in [1.82, 2.24) is 39.9 Å². The molecule has 2 aliphatic heterocycles. The molecule has 11 aromatic rings. The van der Waals surface area contributed by atoms with Crippen LogP contribution >= 0.6 is 94.1 Å². The zero-order valence-electron chi connectivity index (χ0n) is 49.5. The van der Waals surface area contributed by atoms with Crippen molar-refractivity contribution in [3.63, 3.8) is 0 Å². The van der Waals surface area contributed by atoms with Crippen LogP contribution in [0.2, 0.25) is 0 Å². The molecule has 0 N–H and O–H groups in total. The van der Waals surface area contributed by atoms with Crippen molar-refractivity contribution in [3.8, 4) is 0 Å². The van der Waals surface area contributed by atoms with Gasteiger partial charge in [0, 0.05) is 86.7 Å². The minimum absolute atomic E-state index is 0. The number of carbonyl (C=O) groups is 8. The number of fused-ring (bicyclic) bond motifs is 8. The van der Waals surface area contributed by atoms with E-state index in [0.717, 1.165) is 0 Å². The maximum atomic E-state index is 14.8. The smallest absolute Gasteiger partial charge is 0.356 e. The molecule has 0 saturated carbocycles. The number of nitrogens with zero attached hydrogens (tertiary/aromatic N) is 8. The molecule has 0 atom stereocenters. The minimum Gasteiger partial charge on any atom is -0.356 e. The molecule has 0 amide bonds. The predicted octanol–water partition coefficient (Wildman–Crippen LogP) is 16.8. The zero-order valence-corrected chi connectivity index (χ0v) is 57.0. The van der Waals surface area contributed by atoms with Crippen molar-refractivity contribution in [2.75, 3.05) is 0 Å². The van der Waals surface area contributed by atoms with E-state index in [2.05, 4.69) is 0 Å². The maximum Gasteiger partial charge on any atom is 2.00 e. The summed E-state index contributed by atoms with van der Waals surface area (Å²) in [5.74, 6) is -0.949. The first-order chi connectivity index (χ1) is 46.9. The van der Waals surface area contributed by atoms with Crippen molar-refractivity contribution in [2.24, 2.45) is 0 Å². The molecule has 0 fully saturated rings. The Morgan fingerprint density at radius 2 is 0.351 bits per heavy atom. The van der Waals surface area contributed by atoms with E-state index in [0.29, 0.717) is 94.1 Å². The summed E-state index contributed by atoms with van der Waals surface area (Å²) in [6, 6.07) is 67.0. The molecular weight excluding hydrogens is 1420 g/mol. The van der Waals surface area contributed by atoms with Gasteiger partial charge >= 0.3 is 16.5 Å². The number of rotatable bonds is 16. The molecule has 3 aromatic heterocycles. The van der Waals surface area contributed by atoms with E-state index in [1.165, 1.54) is 0 Å². The summed E-state index contributed by atoms with van der Waals surface area (Å²) >= 11 is 5.51. The van der Waals surface area contributed by atoms with Crippen LogP contribution < -0.4 is 9.97 Å². The van der Waals surface area contributed by atoms with Gasteiger partial charge in [-0.05, 0) is 94.1 Å².